The van der Waals surface area contributed by atoms with Crippen molar-refractivity contribution in [1.82, 2.24) is 10.2 Å². The van der Waals surface area contributed by atoms with Crippen molar-refractivity contribution in [3.05, 3.63) is 20.8 Å². The third-order valence-electron chi connectivity index (χ3n) is 3.32. The smallest absolute Gasteiger partial charge is 0.0325 e. The van der Waals surface area contributed by atoms with Crippen molar-refractivity contribution in [1.29, 1.82) is 0 Å². The molecule has 1 aliphatic rings. The first-order chi connectivity index (χ1) is 8.24. The molecular weight excluding hydrogens is 296 g/mol. The topological polar surface area (TPSA) is 15.3 Å². The fraction of sp³-hybridized carbons (Fsp3) is 0.692. The van der Waals surface area contributed by atoms with Crippen molar-refractivity contribution in [2.45, 2.75) is 38.3 Å². The van der Waals surface area contributed by atoms with Crippen LogP contribution in [0.15, 0.2) is 15.9 Å². The minimum atomic E-state index is 0.751. The Morgan fingerprint density at radius 2 is 2.41 bits per heavy atom. The maximum absolute atomic E-state index is 3.61. The van der Waals surface area contributed by atoms with Crippen molar-refractivity contribution in [3.63, 3.8) is 0 Å². The zero-order chi connectivity index (χ0) is 12.1. The van der Waals surface area contributed by atoms with E-state index in [2.05, 4.69) is 44.6 Å². The lowest BCUT2D eigenvalue weighted by atomic mass is 10.0. The summed E-state index contributed by atoms with van der Waals surface area (Å²) < 4.78 is 1.21. The number of thiophene rings is 1. The summed E-state index contributed by atoms with van der Waals surface area (Å²) in [5.74, 6) is 0. The number of halogens is 1. The molecule has 2 rings (SSSR count). The Kier molecular flexibility index (Phi) is 5.48. The molecule has 1 saturated heterocycles. The van der Waals surface area contributed by atoms with Gasteiger partial charge in [0.1, 0.15) is 0 Å². The normalized spacial score (nSPS) is 21.0. The van der Waals surface area contributed by atoms with Crippen LogP contribution in [0.3, 0.4) is 0 Å². The third kappa shape index (κ3) is 4.70. The van der Waals surface area contributed by atoms with E-state index in [0.29, 0.717) is 0 Å². The fourth-order valence-electron chi connectivity index (χ4n) is 2.33. The van der Waals surface area contributed by atoms with Gasteiger partial charge in [0.25, 0.3) is 0 Å². The first kappa shape index (κ1) is 13.5. The average molecular weight is 317 g/mol. The van der Waals surface area contributed by atoms with Crippen LogP contribution < -0.4 is 5.32 Å². The summed E-state index contributed by atoms with van der Waals surface area (Å²) in [6.45, 7) is 3.47. The van der Waals surface area contributed by atoms with Gasteiger partial charge in [-0.1, -0.05) is 6.42 Å². The fourth-order valence-corrected chi connectivity index (χ4v) is 3.86. The summed E-state index contributed by atoms with van der Waals surface area (Å²) in [7, 11) is 2.22. The molecule has 1 N–H and O–H groups in total. The van der Waals surface area contributed by atoms with Crippen LogP contribution in [0.1, 0.15) is 30.6 Å². The predicted octanol–water partition coefficient (Wildman–Crippen LogP) is 3.47. The second-order valence-corrected chi connectivity index (χ2v) is 6.82. The van der Waals surface area contributed by atoms with Crippen LogP contribution >= 0.6 is 27.3 Å². The van der Waals surface area contributed by atoms with E-state index in [4.69, 9.17) is 0 Å². The summed E-state index contributed by atoms with van der Waals surface area (Å²) >= 11 is 5.34. The van der Waals surface area contributed by atoms with Crippen LogP contribution in [0.5, 0.6) is 0 Å². The van der Waals surface area contributed by atoms with Crippen LogP contribution in [0.2, 0.25) is 0 Å². The van der Waals surface area contributed by atoms with Gasteiger partial charge >= 0.3 is 0 Å². The van der Waals surface area contributed by atoms with Gasteiger partial charge in [-0.2, -0.15) is 0 Å². The highest BCUT2D eigenvalue weighted by molar-refractivity contribution is 9.10. The summed E-state index contributed by atoms with van der Waals surface area (Å²) in [6.07, 6.45) is 5.40. The van der Waals surface area contributed by atoms with E-state index in [-0.39, 0.29) is 0 Å². The van der Waals surface area contributed by atoms with Crippen molar-refractivity contribution in [2.75, 3.05) is 20.1 Å². The number of hydrogen-bond donors (Lipinski definition) is 1. The molecule has 0 radical (unpaired) electrons. The first-order valence-corrected chi connectivity index (χ1v) is 8.06. The minimum Gasteiger partial charge on any atom is -0.314 e. The maximum atomic E-state index is 3.61. The Morgan fingerprint density at radius 3 is 3.06 bits per heavy atom. The Hall–Kier alpha value is 0.1000. The van der Waals surface area contributed by atoms with Gasteiger partial charge in [0.15, 0.2) is 0 Å². The zero-order valence-electron chi connectivity index (χ0n) is 10.4. The van der Waals surface area contributed by atoms with Gasteiger partial charge in [-0.25, -0.2) is 0 Å². The molecule has 0 aliphatic carbocycles. The molecule has 0 spiro atoms. The first-order valence-electron chi connectivity index (χ1n) is 6.39. The molecule has 0 bridgehead atoms. The second-order valence-electron chi connectivity index (χ2n) is 4.90. The number of nitrogens with one attached hydrogen (secondary N) is 1. The molecule has 2 heterocycles. The summed E-state index contributed by atoms with van der Waals surface area (Å²) in [5.41, 5.74) is 0. The molecule has 1 atom stereocenters. The van der Waals surface area contributed by atoms with E-state index in [1.54, 1.807) is 0 Å². The van der Waals surface area contributed by atoms with Gasteiger partial charge in [-0.15, -0.1) is 11.3 Å². The van der Waals surface area contributed by atoms with Gasteiger partial charge in [-0.3, -0.25) is 0 Å². The lowest BCUT2D eigenvalue weighted by molar-refractivity contribution is 0.283. The van der Waals surface area contributed by atoms with Gasteiger partial charge in [-0.05, 0) is 61.4 Å². The maximum Gasteiger partial charge on any atom is 0.0325 e. The van der Waals surface area contributed by atoms with Crippen molar-refractivity contribution >= 4 is 27.3 Å². The van der Waals surface area contributed by atoms with Crippen LogP contribution in [-0.4, -0.2) is 31.1 Å². The average Bonchev–Trinajstić information content (AvgIpc) is 2.73. The SMILES string of the molecule is CN(CCC1CCCCN1)Cc1cc(Br)cs1. The molecule has 1 aliphatic heterocycles. The van der Waals surface area contributed by atoms with E-state index < -0.39 is 0 Å². The standard InChI is InChI=1S/C13H21BrN2S/c1-16(9-13-8-11(14)10-17-13)7-5-12-4-2-3-6-15-12/h8,10,12,15H,2-7,9H2,1H3. The Balaban J connectivity index is 1.68. The monoisotopic (exact) mass is 316 g/mol. The van der Waals surface area contributed by atoms with Crippen molar-refractivity contribution in [2.24, 2.45) is 0 Å². The second kappa shape index (κ2) is 6.88. The molecular formula is C13H21BrN2S. The molecule has 1 fully saturated rings. The number of rotatable bonds is 5. The highest BCUT2D eigenvalue weighted by Gasteiger charge is 2.13. The van der Waals surface area contributed by atoms with Gasteiger partial charge < -0.3 is 10.2 Å². The molecule has 2 nitrogen and oxygen atoms in total. The lowest BCUT2D eigenvalue weighted by Gasteiger charge is -2.25. The molecule has 1 unspecified atom stereocenters. The Morgan fingerprint density at radius 1 is 1.53 bits per heavy atom. The lowest BCUT2D eigenvalue weighted by Crippen LogP contribution is -2.36. The molecule has 4 heteroatoms. The van der Waals surface area contributed by atoms with Crippen molar-refractivity contribution < 1.29 is 0 Å². The van der Waals surface area contributed by atoms with Gasteiger partial charge in [0, 0.05) is 27.3 Å². The Labute approximate surface area is 117 Å². The minimum absolute atomic E-state index is 0.751. The van der Waals surface area contributed by atoms with Gasteiger partial charge in [0.2, 0.25) is 0 Å². The van der Waals surface area contributed by atoms with E-state index >= 15 is 0 Å². The Bertz CT molecular complexity index is 334. The largest absolute Gasteiger partial charge is 0.314 e. The highest BCUT2D eigenvalue weighted by Crippen LogP contribution is 2.21. The number of nitrogens with zero attached hydrogens (tertiary/aromatic N) is 1. The molecule has 0 aromatic carbocycles. The summed E-state index contributed by atoms with van der Waals surface area (Å²) in [5, 5.41) is 5.77. The van der Waals surface area contributed by atoms with E-state index in [9.17, 15) is 0 Å². The van der Waals surface area contributed by atoms with Crippen LogP contribution in [0.25, 0.3) is 0 Å². The van der Waals surface area contributed by atoms with E-state index in [1.165, 1.54) is 48.1 Å². The van der Waals surface area contributed by atoms with Crippen LogP contribution in [0.4, 0.5) is 0 Å². The molecule has 1 aromatic rings. The molecule has 1 aromatic heterocycles. The number of piperidine rings is 1. The van der Waals surface area contributed by atoms with Crippen LogP contribution in [-0.2, 0) is 6.54 Å². The molecule has 0 saturated carbocycles. The predicted molar refractivity (Wildman–Crippen MR) is 78.6 cm³/mol. The molecule has 17 heavy (non-hydrogen) atoms. The van der Waals surface area contributed by atoms with Gasteiger partial charge in [0.05, 0.1) is 0 Å². The van der Waals surface area contributed by atoms with Crippen LogP contribution in [0, 0.1) is 0 Å². The van der Waals surface area contributed by atoms with E-state index in [1.807, 2.05) is 11.3 Å². The van der Waals surface area contributed by atoms with Crippen molar-refractivity contribution in [3.8, 4) is 0 Å². The molecule has 0 amide bonds. The highest BCUT2D eigenvalue weighted by atomic mass is 79.9. The molecule has 96 valence electrons. The van der Waals surface area contributed by atoms with E-state index in [0.717, 1.165) is 12.6 Å². The quantitative estimate of drug-likeness (QED) is 0.894. The summed E-state index contributed by atoms with van der Waals surface area (Å²) in [4.78, 5) is 3.87. The zero-order valence-corrected chi connectivity index (χ0v) is 12.8. The number of hydrogen-bond acceptors (Lipinski definition) is 3. The third-order valence-corrected chi connectivity index (χ3v) is 5.00. The summed E-state index contributed by atoms with van der Waals surface area (Å²) in [6, 6.07) is 2.97.